The number of carboxylic acids is 1. The van der Waals surface area contributed by atoms with E-state index in [-0.39, 0.29) is 6.04 Å². The first-order valence-electron chi connectivity index (χ1n) is 8.11. The Kier molecular flexibility index (Phi) is 5.95. The Hall–Kier alpha value is -1.51. The van der Waals surface area contributed by atoms with Crippen LogP contribution >= 0.6 is 0 Å². The first-order chi connectivity index (χ1) is 11.2. The number of hydrogen-bond acceptors (Lipinski definition) is 3. The molecule has 2 heterocycles. The first kappa shape index (κ1) is 18.8. The molecule has 3 atom stereocenters. The van der Waals surface area contributed by atoms with Gasteiger partial charge in [0.2, 0.25) is 0 Å². The van der Waals surface area contributed by atoms with Crippen molar-refractivity contribution in [3.8, 4) is 0 Å². The summed E-state index contributed by atoms with van der Waals surface area (Å²) in [6, 6.07) is -0.818. The molecule has 0 aromatic heterocycles. The van der Waals surface area contributed by atoms with Crippen molar-refractivity contribution in [2.45, 2.75) is 38.4 Å². The molecule has 2 N–H and O–H groups in total. The molecule has 2 fully saturated rings. The Labute approximate surface area is 138 Å². The molecule has 0 saturated carbocycles. The molecule has 2 aliphatic heterocycles. The molecular formula is C15H23F3N2O4. The lowest BCUT2D eigenvalue weighted by molar-refractivity contribution is -0.187. The van der Waals surface area contributed by atoms with Gasteiger partial charge in [-0.25, -0.2) is 4.79 Å². The van der Waals surface area contributed by atoms with Crippen molar-refractivity contribution in [2.75, 3.05) is 26.3 Å². The minimum atomic E-state index is -4.63. The van der Waals surface area contributed by atoms with Crippen LogP contribution in [0.5, 0.6) is 0 Å². The topological polar surface area (TPSA) is 78.9 Å². The standard InChI is InChI=1S/C15H23F3N2O4/c1-9(6-10-2-4-24-5-3-10)19-14(23)20-7-11(13(21)22)12(8-20)15(16,17)18/h9-12H,2-8H2,1H3,(H,19,23)(H,21,22)/t9?,11-,12-/m1/s1. The van der Waals surface area contributed by atoms with Crippen molar-refractivity contribution in [1.82, 2.24) is 10.2 Å². The summed E-state index contributed by atoms with van der Waals surface area (Å²) < 4.78 is 44.1. The average molecular weight is 352 g/mol. The number of carbonyl (C=O) groups is 2. The number of carboxylic acid groups (broad SMARTS) is 1. The van der Waals surface area contributed by atoms with Crippen molar-refractivity contribution in [3.63, 3.8) is 0 Å². The molecule has 0 aromatic carbocycles. The summed E-state index contributed by atoms with van der Waals surface area (Å²) >= 11 is 0. The van der Waals surface area contributed by atoms with Crippen LogP contribution in [0.25, 0.3) is 0 Å². The first-order valence-corrected chi connectivity index (χ1v) is 8.11. The van der Waals surface area contributed by atoms with Crippen LogP contribution in [-0.4, -0.2) is 60.5 Å². The van der Waals surface area contributed by atoms with Gasteiger partial charge in [-0.2, -0.15) is 13.2 Å². The zero-order chi connectivity index (χ0) is 17.9. The van der Waals surface area contributed by atoms with Gasteiger partial charge < -0.3 is 20.1 Å². The average Bonchev–Trinajstić information content (AvgIpc) is 2.93. The molecule has 0 aromatic rings. The number of carbonyl (C=O) groups excluding carboxylic acids is 1. The number of alkyl halides is 3. The molecule has 0 bridgehead atoms. The molecule has 0 spiro atoms. The van der Waals surface area contributed by atoms with Crippen LogP contribution in [0.3, 0.4) is 0 Å². The number of aliphatic carboxylic acids is 1. The van der Waals surface area contributed by atoms with Crippen molar-refractivity contribution >= 4 is 12.0 Å². The van der Waals surface area contributed by atoms with E-state index in [4.69, 9.17) is 9.84 Å². The Balaban J connectivity index is 1.88. The second-order valence-electron chi connectivity index (χ2n) is 6.64. The molecule has 6 nitrogen and oxygen atoms in total. The zero-order valence-electron chi connectivity index (χ0n) is 13.5. The van der Waals surface area contributed by atoms with E-state index >= 15 is 0 Å². The maximum atomic E-state index is 12.9. The molecule has 2 amide bonds. The largest absolute Gasteiger partial charge is 0.481 e. The van der Waals surface area contributed by atoms with Gasteiger partial charge in [-0.3, -0.25) is 4.79 Å². The van der Waals surface area contributed by atoms with Crippen LogP contribution in [-0.2, 0) is 9.53 Å². The maximum absolute atomic E-state index is 12.9. The van der Waals surface area contributed by atoms with Gasteiger partial charge in [0.1, 0.15) is 0 Å². The lowest BCUT2D eigenvalue weighted by Crippen LogP contribution is -2.44. The number of nitrogens with zero attached hydrogens (tertiary/aromatic N) is 1. The van der Waals surface area contributed by atoms with Crippen LogP contribution in [0.2, 0.25) is 0 Å². The summed E-state index contributed by atoms with van der Waals surface area (Å²) in [5.41, 5.74) is 0. The smallest absolute Gasteiger partial charge is 0.394 e. The number of halogens is 3. The Morgan fingerprint density at radius 3 is 2.42 bits per heavy atom. The third-order valence-electron chi connectivity index (χ3n) is 4.74. The van der Waals surface area contributed by atoms with Crippen LogP contribution in [0.15, 0.2) is 0 Å². The number of nitrogens with one attached hydrogen (secondary N) is 1. The summed E-state index contributed by atoms with van der Waals surface area (Å²) in [5, 5.41) is 11.7. The van der Waals surface area contributed by atoms with Gasteiger partial charge in [0, 0.05) is 32.3 Å². The third-order valence-corrected chi connectivity index (χ3v) is 4.74. The predicted molar refractivity (Wildman–Crippen MR) is 78.4 cm³/mol. The van der Waals surface area contributed by atoms with Gasteiger partial charge in [0.25, 0.3) is 0 Å². The maximum Gasteiger partial charge on any atom is 0.394 e. The molecule has 0 aliphatic carbocycles. The van der Waals surface area contributed by atoms with E-state index in [1.165, 1.54) is 0 Å². The van der Waals surface area contributed by atoms with Gasteiger partial charge in [0.15, 0.2) is 0 Å². The van der Waals surface area contributed by atoms with E-state index in [1.807, 2.05) is 0 Å². The molecule has 0 radical (unpaired) electrons. The monoisotopic (exact) mass is 352 g/mol. The summed E-state index contributed by atoms with van der Waals surface area (Å²) in [5.74, 6) is -4.74. The highest BCUT2D eigenvalue weighted by molar-refractivity contribution is 5.78. The number of likely N-dealkylation sites (tertiary alicyclic amines) is 1. The molecule has 24 heavy (non-hydrogen) atoms. The molecular weight excluding hydrogens is 329 g/mol. The van der Waals surface area contributed by atoms with E-state index in [0.717, 1.165) is 24.2 Å². The zero-order valence-corrected chi connectivity index (χ0v) is 13.5. The van der Waals surface area contributed by atoms with Crippen LogP contribution < -0.4 is 5.32 Å². The van der Waals surface area contributed by atoms with Crippen LogP contribution in [0, 0.1) is 17.8 Å². The van der Waals surface area contributed by atoms with Gasteiger partial charge in [0.05, 0.1) is 11.8 Å². The number of ether oxygens (including phenoxy) is 1. The second kappa shape index (κ2) is 7.58. The molecule has 2 rings (SSSR count). The number of amides is 2. The number of hydrogen-bond donors (Lipinski definition) is 2. The van der Waals surface area contributed by atoms with E-state index in [2.05, 4.69) is 5.32 Å². The van der Waals surface area contributed by atoms with E-state index in [0.29, 0.717) is 19.1 Å². The summed E-state index contributed by atoms with van der Waals surface area (Å²) in [7, 11) is 0. The number of urea groups is 1. The highest BCUT2D eigenvalue weighted by Crippen LogP contribution is 2.37. The predicted octanol–water partition coefficient (Wildman–Crippen LogP) is 2.10. The van der Waals surface area contributed by atoms with Gasteiger partial charge in [-0.1, -0.05) is 0 Å². The van der Waals surface area contributed by atoms with Crippen molar-refractivity contribution in [3.05, 3.63) is 0 Å². The van der Waals surface area contributed by atoms with E-state index in [9.17, 15) is 22.8 Å². The molecule has 2 saturated heterocycles. The minimum Gasteiger partial charge on any atom is -0.481 e. The quantitative estimate of drug-likeness (QED) is 0.812. The number of rotatable bonds is 4. The summed E-state index contributed by atoms with van der Waals surface area (Å²) in [6.45, 7) is 2.14. The molecule has 9 heteroatoms. The van der Waals surface area contributed by atoms with E-state index in [1.54, 1.807) is 6.92 Å². The summed E-state index contributed by atoms with van der Waals surface area (Å²) in [6.07, 6.45) is -2.10. The van der Waals surface area contributed by atoms with Crippen LogP contribution in [0.1, 0.15) is 26.2 Å². The second-order valence-corrected chi connectivity index (χ2v) is 6.64. The highest BCUT2D eigenvalue weighted by Gasteiger charge is 2.53. The highest BCUT2D eigenvalue weighted by atomic mass is 19.4. The van der Waals surface area contributed by atoms with Crippen molar-refractivity contribution in [2.24, 2.45) is 17.8 Å². The molecule has 1 unspecified atom stereocenters. The molecule has 2 aliphatic rings. The summed E-state index contributed by atoms with van der Waals surface area (Å²) in [4.78, 5) is 24.2. The molecule has 138 valence electrons. The van der Waals surface area contributed by atoms with Gasteiger partial charge >= 0.3 is 18.2 Å². The normalized spacial score (nSPS) is 27.1. The SMILES string of the molecule is CC(CC1CCOCC1)NC(=O)N1C[C@@H](C(F)(F)F)[C@H](C(=O)O)C1. The Bertz CT molecular complexity index is 466. The van der Waals surface area contributed by atoms with Crippen molar-refractivity contribution < 1.29 is 32.6 Å². The fourth-order valence-electron chi connectivity index (χ4n) is 3.39. The minimum absolute atomic E-state index is 0.186. The lowest BCUT2D eigenvalue weighted by atomic mass is 9.93. The third kappa shape index (κ3) is 4.75. The Morgan fingerprint density at radius 2 is 1.92 bits per heavy atom. The fourth-order valence-corrected chi connectivity index (χ4v) is 3.39. The fraction of sp³-hybridized carbons (Fsp3) is 0.867. The van der Waals surface area contributed by atoms with Gasteiger partial charge in [-0.05, 0) is 32.1 Å². The lowest BCUT2D eigenvalue weighted by Gasteiger charge is -2.27. The van der Waals surface area contributed by atoms with Gasteiger partial charge in [-0.15, -0.1) is 0 Å². The van der Waals surface area contributed by atoms with Crippen molar-refractivity contribution in [1.29, 1.82) is 0 Å². The van der Waals surface area contributed by atoms with E-state index < -0.39 is 43.1 Å². The Morgan fingerprint density at radius 1 is 1.29 bits per heavy atom. The van der Waals surface area contributed by atoms with Crippen LogP contribution in [0.4, 0.5) is 18.0 Å².